The first-order valence-corrected chi connectivity index (χ1v) is 8.99. The van der Waals surface area contributed by atoms with Gasteiger partial charge in [0, 0.05) is 12.5 Å². The molecule has 0 spiro atoms. The summed E-state index contributed by atoms with van der Waals surface area (Å²) in [4.78, 5) is 0. The van der Waals surface area contributed by atoms with Crippen LogP contribution in [0.4, 0.5) is 0 Å². The molecule has 4 aliphatic rings. The molecule has 0 bridgehead atoms. The summed E-state index contributed by atoms with van der Waals surface area (Å²) in [5, 5.41) is 0. The van der Waals surface area contributed by atoms with Gasteiger partial charge in [-0.05, 0) is 68.1 Å². The highest BCUT2D eigenvalue weighted by Crippen LogP contribution is 2.63. The van der Waals surface area contributed by atoms with E-state index in [1.54, 1.807) is 5.57 Å². The second kappa shape index (κ2) is 4.72. The Hall–Kier alpha value is -0.560. The SMILES string of the molecule is CO[C@H]1CC[C@@]2(C)[C@@H](CC[C@H]3C4=CC=C[C@@]4(C)CC[C@@H]32)C1. The summed E-state index contributed by atoms with van der Waals surface area (Å²) in [6, 6.07) is 0. The summed E-state index contributed by atoms with van der Waals surface area (Å²) < 4.78 is 5.69. The number of ether oxygens (including phenoxy) is 1. The highest BCUT2D eigenvalue weighted by atomic mass is 16.5. The average Bonchev–Trinajstić information content (AvgIpc) is 2.88. The standard InChI is InChI=1S/C20H30O/c1-19-10-4-5-17(19)16-7-6-14-13-15(21-3)8-12-20(14,2)18(16)9-11-19/h4-5,10,14-16,18H,6-9,11-13H2,1-3H3/t14-,15-,16-,18-,19-,20-/m0/s1. The third-order valence-corrected chi connectivity index (χ3v) is 7.75. The van der Waals surface area contributed by atoms with Gasteiger partial charge in [-0.2, -0.15) is 0 Å². The van der Waals surface area contributed by atoms with Gasteiger partial charge in [-0.3, -0.25) is 0 Å². The molecule has 0 radical (unpaired) electrons. The van der Waals surface area contributed by atoms with Gasteiger partial charge in [0.25, 0.3) is 0 Å². The molecule has 0 unspecified atom stereocenters. The van der Waals surface area contributed by atoms with E-state index < -0.39 is 0 Å². The van der Waals surface area contributed by atoms with E-state index in [1.807, 2.05) is 7.11 Å². The van der Waals surface area contributed by atoms with Crippen molar-refractivity contribution in [3.63, 3.8) is 0 Å². The zero-order valence-corrected chi connectivity index (χ0v) is 13.9. The predicted octanol–water partition coefficient (Wildman–Crippen LogP) is 5.13. The number of allylic oxidation sites excluding steroid dienone is 4. The molecule has 116 valence electrons. The summed E-state index contributed by atoms with van der Waals surface area (Å²) in [6.07, 6.45) is 17.4. The molecule has 0 heterocycles. The molecular weight excluding hydrogens is 256 g/mol. The lowest BCUT2D eigenvalue weighted by Crippen LogP contribution is -2.51. The van der Waals surface area contributed by atoms with Gasteiger partial charge in [-0.1, -0.05) is 37.6 Å². The molecular formula is C20H30O. The highest BCUT2D eigenvalue weighted by Gasteiger charge is 2.55. The van der Waals surface area contributed by atoms with Gasteiger partial charge in [0.05, 0.1) is 6.10 Å². The van der Waals surface area contributed by atoms with Crippen LogP contribution in [0.15, 0.2) is 23.8 Å². The normalized spacial score (nSPS) is 51.9. The van der Waals surface area contributed by atoms with Crippen molar-refractivity contribution in [1.82, 2.24) is 0 Å². The quantitative estimate of drug-likeness (QED) is 0.649. The third-order valence-electron chi connectivity index (χ3n) is 7.75. The second-order valence-electron chi connectivity index (χ2n) is 8.56. The minimum absolute atomic E-state index is 0.397. The molecule has 21 heavy (non-hydrogen) atoms. The summed E-state index contributed by atoms with van der Waals surface area (Å²) in [6.45, 7) is 5.08. The number of fused-ring (bicyclic) bond motifs is 5. The maximum absolute atomic E-state index is 5.69. The van der Waals surface area contributed by atoms with E-state index >= 15 is 0 Å². The lowest BCUT2D eigenvalue weighted by Gasteiger charge is -2.59. The third kappa shape index (κ3) is 1.92. The van der Waals surface area contributed by atoms with Crippen molar-refractivity contribution in [1.29, 1.82) is 0 Å². The fourth-order valence-electron chi connectivity index (χ4n) is 6.36. The molecule has 0 aromatic rings. The second-order valence-corrected chi connectivity index (χ2v) is 8.56. The van der Waals surface area contributed by atoms with Gasteiger partial charge in [0.1, 0.15) is 0 Å². The van der Waals surface area contributed by atoms with E-state index in [1.165, 1.54) is 44.9 Å². The van der Waals surface area contributed by atoms with Crippen LogP contribution in [0.25, 0.3) is 0 Å². The van der Waals surface area contributed by atoms with Gasteiger partial charge >= 0.3 is 0 Å². The first-order valence-electron chi connectivity index (χ1n) is 8.99. The lowest BCUT2D eigenvalue weighted by atomic mass is 9.46. The Balaban J connectivity index is 1.62. The van der Waals surface area contributed by atoms with Crippen LogP contribution in [0.2, 0.25) is 0 Å². The molecule has 3 fully saturated rings. The molecule has 0 N–H and O–H groups in total. The summed E-state index contributed by atoms with van der Waals surface area (Å²) >= 11 is 0. The minimum atomic E-state index is 0.397. The molecule has 4 rings (SSSR count). The maximum Gasteiger partial charge on any atom is 0.0574 e. The van der Waals surface area contributed by atoms with Gasteiger partial charge < -0.3 is 4.74 Å². The van der Waals surface area contributed by atoms with Gasteiger partial charge in [-0.25, -0.2) is 0 Å². The smallest absolute Gasteiger partial charge is 0.0574 e. The fourth-order valence-corrected chi connectivity index (χ4v) is 6.36. The van der Waals surface area contributed by atoms with Crippen molar-refractivity contribution in [2.45, 2.75) is 64.9 Å². The number of rotatable bonds is 1. The molecule has 0 amide bonds. The maximum atomic E-state index is 5.69. The van der Waals surface area contributed by atoms with E-state index in [2.05, 4.69) is 32.1 Å². The number of hydrogen-bond donors (Lipinski definition) is 0. The van der Waals surface area contributed by atoms with Crippen molar-refractivity contribution in [3.8, 4) is 0 Å². The molecule has 0 saturated heterocycles. The molecule has 0 aromatic heterocycles. The molecule has 1 nitrogen and oxygen atoms in total. The summed E-state index contributed by atoms with van der Waals surface area (Å²) in [7, 11) is 1.90. The Kier molecular flexibility index (Phi) is 3.16. The minimum Gasteiger partial charge on any atom is -0.381 e. The fraction of sp³-hybridized carbons (Fsp3) is 0.800. The predicted molar refractivity (Wildman–Crippen MR) is 87.0 cm³/mol. The van der Waals surface area contributed by atoms with Gasteiger partial charge in [0.15, 0.2) is 0 Å². The Morgan fingerprint density at radius 1 is 1.10 bits per heavy atom. The zero-order valence-electron chi connectivity index (χ0n) is 13.9. The average molecular weight is 286 g/mol. The molecule has 0 aromatic carbocycles. The van der Waals surface area contributed by atoms with Gasteiger partial charge in [0.2, 0.25) is 0 Å². The van der Waals surface area contributed by atoms with Crippen molar-refractivity contribution in [3.05, 3.63) is 23.8 Å². The van der Waals surface area contributed by atoms with E-state index in [0.717, 1.165) is 17.8 Å². The molecule has 6 atom stereocenters. The Morgan fingerprint density at radius 2 is 1.95 bits per heavy atom. The number of methoxy groups -OCH3 is 1. The van der Waals surface area contributed by atoms with Crippen LogP contribution in [-0.4, -0.2) is 13.2 Å². The Morgan fingerprint density at radius 3 is 2.76 bits per heavy atom. The van der Waals surface area contributed by atoms with Crippen LogP contribution < -0.4 is 0 Å². The van der Waals surface area contributed by atoms with E-state index in [0.29, 0.717) is 16.9 Å². The Bertz CT molecular complexity index is 490. The number of hydrogen-bond acceptors (Lipinski definition) is 1. The van der Waals surface area contributed by atoms with Crippen molar-refractivity contribution < 1.29 is 4.74 Å². The van der Waals surface area contributed by atoms with E-state index in [4.69, 9.17) is 4.74 Å². The van der Waals surface area contributed by atoms with Crippen molar-refractivity contribution >= 4 is 0 Å². The van der Waals surface area contributed by atoms with Crippen molar-refractivity contribution in [2.75, 3.05) is 7.11 Å². The van der Waals surface area contributed by atoms with E-state index in [9.17, 15) is 0 Å². The summed E-state index contributed by atoms with van der Waals surface area (Å²) in [5.74, 6) is 2.68. The van der Waals surface area contributed by atoms with Crippen LogP contribution in [0, 0.1) is 28.6 Å². The van der Waals surface area contributed by atoms with Gasteiger partial charge in [-0.15, -0.1) is 0 Å². The summed E-state index contributed by atoms with van der Waals surface area (Å²) in [5.41, 5.74) is 2.74. The first-order chi connectivity index (χ1) is 10.1. The monoisotopic (exact) mass is 286 g/mol. The molecule has 0 aliphatic heterocycles. The zero-order chi connectivity index (χ0) is 14.7. The Labute approximate surface area is 129 Å². The van der Waals surface area contributed by atoms with Crippen LogP contribution >= 0.6 is 0 Å². The van der Waals surface area contributed by atoms with Crippen LogP contribution in [0.1, 0.15) is 58.8 Å². The first kappa shape index (κ1) is 14.1. The lowest BCUT2D eigenvalue weighted by molar-refractivity contribution is -0.0874. The topological polar surface area (TPSA) is 9.23 Å². The van der Waals surface area contributed by atoms with Crippen LogP contribution in [-0.2, 0) is 4.74 Å². The van der Waals surface area contributed by atoms with Crippen LogP contribution in [0.3, 0.4) is 0 Å². The molecule has 1 heteroatoms. The largest absolute Gasteiger partial charge is 0.381 e. The van der Waals surface area contributed by atoms with Crippen LogP contribution in [0.5, 0.6) is 0 Å². The van der Waals surface area contributed by atoms with Crippen molar-refractivity contribution in [2.24, 2.45) is 28.6 Å². The highest BCUT2D eigenvalue weighted by molar-refractivity contribution is 5.37. The molecule has 3 saturated carbocycles. The van der Waals surface area contributed by atoms with E-state index in [-0.39, 0.29) is 0 Å². The molecule has 4 aliphatic carbocycles.